The monoisotopic (exact) mass is 443 g/mol. The van der Waals surface area contributed by atoms with Gasteiger partial charge in [-0.1, -0.05) is 47.8 Å². The van der Waals surface area contributed by atoms with Gasteiger partial charge < -0.3 is 15.4 Å². The molecule has 4 rings (SSSR count). The first-order valence-electron chi connectivity index (χ1n) is 10.0. The Kier molecular flexibility index (Phi) is 5.85. The van der Waals surface area contributed by atoms with Crippen LogP contribution in [0.5, 0.6) is 0 Å². The van der Waals surface area contributed by atoms with Gasteiger partial charge in [0.05, 0.1) is 17.4 Å². The van der Waals surface area contributed by atoms with Crippen molar-refractivity contribution < 1.29 is 9.53 Å². The molecule has 0 bridgehead atoms. The lowest BCUT2D eigenvalue weighted by molar-refractivity contribution is 0.128. The first-order chi connectivity index (χ1) is 13.6. The number of anilines is 1. The number of rotatable bonds is 4. The van der Waals surface area contributed by atoms with E-state index in [0.29, 0.717) is 12.0 Å². The van der Waals surface area contributed by atoms with E-state index in [0.717, 1.165) is 21.4 Å². The summed E-state index contributed by atoms with van der Waals surface area (Å²) < 4.78 is 6.49. The van der Waals surface area contributed by atoms with Gasteiger partial charge in [0.1, 0.15) is 6.61 Å². The van der Waals surface area contributed by atoms with Crippen LogP contribution in [0.15, 0.2) is 47.1 Å². The predicted octanol–water partition coefficient (Wildman–Crippen LogP) is 5.43. The number of fused-ring (bicyclic) bond motifs is 1. The van der Waals surface area contributed by atoms with Crippen molar-refractivity contribution in [2.75, 3.05) is 5.32 Å². The molecule has 1 aliphatic heterocycles. The molecule has 1 aromatic carbocycles. The van der Waals surface area contributed by atoms with Crippen molar-refractivity contribution in [2.24, 2.45) is 11.8 Å². The fourth-order valence-electron chi connectivity index (χ4n) is 4.52. The Hall–Kier alpha value is -2.08. The third-order valence-electron chi connectivity index (χ3n) is 6.01. The van der Waals surface area contributed by atoms with E-state index >= 15 is 0 Å². The molecule has 2 aromatic rings. The molecule has 3 atom stereocenters. The molecule has 1 aliphatic carbocycles. The zero-order valence-corrected chi connectivity index (χ0v) is 17.6. The lowest BCUT2D eigenvalue weighted by Gasteiger charge is -2.41. The summed E-state index contributed by atoms with van der Waals surface area (Å²) in [6, 6.07) is 12.0. The van der Waals surface area contributed by atoms with Crippen molar-refractivity contribution >= 4 is 27.7 Å². The summed E-state index contributed by atoms with van der Waals surface area (Å²) in [6.07, 6.45) is 6.47. The summed E-state index contributed by atoms with van der Waals surface area (Å²) in [7, 11) is 0. The molecule has 1 amide bonds. The van der Waals surface area contributed by atoms with Crippen LogP contribution in [0.25, 0.3) is 0 Å². The number of aromatic nitrogens is 1. The molecular weight excluding hydrogens is 418 g/mol. The zero-order chi connectivity index (χ0) is 19.5. The summed E-state index contributed by atoms with van der Waals surface area (Å²) in [5, 5.41) is 6.78. The third-order valence-corrected chi connectivity index (χ3v) is 6.54. The molecular formula is C22H26BrN3O2. The van der Waals surface area contributed by atoms with E-state index < -0.39 is 6.09 Å². The molecule has 2 N–H and O–H groups in total. The van der Waals surface area contributed by atoms with Crippen LogP contribution in [-0.2, 0) is 11.3 Å². The van der Waals surface area contributed by atoms with Crippen LogP contribution in [0, 0.1) is 11.8 Å². The van der Waals surface area contributed by atoms with Crippen molar-refractivity contribution in [2.45, 2.75) is 51.3 Å². The number of carbonyl (C=O) groups is 1. The van der Waals surface area contributed by atoms with Gasteiger partial charge in [-0.3, -0.25) is 4.98 Å². The van der Waals surface area contributed by atoms with Crippen molar-refractivity contribution in [3.05, 3.63) is 58.3 Å². The molecule has 0 unspecified atom stereocenters. The van der Waals surface area contributed by atoms with Crippen LogP contribution in [0.1, 0.15) is 49.9 Å². The Morgan fingerprint density at radius 1 is 1.25 bits per heavy atom. The smallest absolute Gasteiger partial charge is 0.408 e. The molecule has 6 heteroatoms. The van der Waals surface area contributed by atoms with E-state index in [9.17, 15) is 4.79 Å². The van der Waals surface area contributed by atoms with E-state index in [-0.39, 0.29) is 18.6 Å². The number of pyridine rings is 1. The normalized spacial score (nSPS) is 24.3. The Morgan fingerprint density at radius 3 is 2.75 bits per heavy atom. The number of halogens is 1. The molecule has 0 spiro atoms. The minimum atomic E-state index is -0.400. The van der Waals surface area contributed by atoms with Crippen molar-refractivity contribution in [3.63, 3.8) is 0 Å². The number of benzene rings is 1. The second-order valence-electron chi connectivity index (χ2n) is 7.83. The van der Waals surface area contributed by atoms with Crippen LogP contribution < -0.4 is 10.6 Å². The number of amides is 1. The van der Waals surface area contributed by atoms with E-state index in [1.165, 1.54) is 25.7 Å². The van der Waals surface area contributed by atoms with Crippen LogP contribution in [0.2, 0.25) is 0 Å². The largest absolute Gasteiger partial charge is 0.445 e. The maximum Gasteiger partial charge on any atom is 0.408 e. The highest BCUT2D eigenvalue weighted by atomic mass is 79.9. The van der Waals surface area contributed by atoms with Gasteiger partial charge in [-0.2, -0.15) is 0 Å². The van der Waals surface area contributed by atoms with Crippen molar-refractivity contribution in [1.29, 1.82) is 0 Å². The van der Waals surface area contributed by atoms with Gasteiger partial charge in [0.25, 0.3) is 0 Å². The van der Waals surface area contributed by atoms with E-state index in [1.54, 1.807) is 6.20 Å². The molecule has 2 aliphatic rings. The minimum Gasteiger partial charge on any atom is -0.445 e. The lowest BCUT2D eigenvalue weighted by Crippen LogP contribution is -2.47. The molecule has 1 aromatic heterocycles. The first-order valence-corrected chi connectivity index (χ1v) is 10.8. The Labute approximate surface area is 174 Å². The standard InChI is InChI=1S/C22H26BrN3O2/c1-14-19(16-5-2-3-6-16)25-18-7-4-12-24-21(18)20(14)26-22(27)28-13-15-8-10-17(23)11-9-15/h4,7-12,14,16,19-20,25H,2-3,5-6,13H2,1H3,(H,26,27)/t14-,19+,20+/m1/s1. The highest BCUT2D eigenvalue weighted by molar-refractivity contribution is 9.10. The number of carbonyl (C=O) groups excluding carboxylic acids is 1. The summed E-state index contributed by atoms with van der Waals surface area (Å²) in [4.78, 5) is 17.1. The molecule has 5 nitrogen and oxygen atoms in total. The van der Waals surface area contributed by atoms with E-state index in [4.69, 9.17) is 4.74 Å². The second kappa shape index (κ2) is 8.52. The Morgan fingerprint density at radius 2 is 2.00 bits per heavy atom. The van der Waals surface area contributed by atoms with Crippen LogP contribution >= 0.6 is 15.9 Å². The van der Waals surface area contributed by atoms with Gasteiger partial charge >= 0.3 is 6.09 Å². The van der Waals surface area contributed by atoms with Crippen molar-refractivity contribution in [1.82, 2.24) is 10.3 Å². The summed E-state index contributed by atoms with van der Waals surface area (Å²) in [5.41, 5.74) is 2.87. The number of hydrogen-bond acceptors (Lipinski definition) is 4. The van der Waals surface area contributed by atoms with Crippen molar-refractivity contribution in [3.8, 4) is 0 Å². The number of ether oxygens (including phenoxy) is 1. The highest BCUT2D eigenvalue weighted by Gasteiger charge is 2.40. The maximum absolute atomic E-state index is 12.5. The fraction of sp³-hybridized carbons (Fsp3) is 0.455. The van der Waals surface area contributed by atoms with Gasteiger partial charge in [-0.15, -0.1) is 0 Å². The molecule has 148 valence electrons. The van der Waals surface area contributed by atoms with E-state index in [1.807, 2.05) is 30.3 Å². The zero-order valence-electron chi connectivity index (χ0n) is 16.0. The van der Waals surface area contributed by atoms with Gasteiger partial charge in [-0.25, -0.2) is 4.79 Å². The third kappa shape index (κ3) is 4.17. The average molecular weight is 444 g/mol. The highest BCUT2D eigenvalue weighted by Crippen LogP contribution is 2.41. The second-order valence-corrected chi connectivity index (χ2v) is 8.75. The Bertz CT molecular complexity index is 821. The quantitative estimate of drug-likeness (QED) is 0.660. The molecule has 2 heterocycles. The summed E-state index contributed by atoms with van der Waals surface area (Å²) >= 11 is 3.41. The molecule has 0 saturated heterocycles. The topological polar surface area (TPSA) is 63.2 Å². The SMILES string of the molecule is C[C@H]1[C@H](NC(=O)OCc2ccc(Br)cc2)c2ncccc2N[C@@H]1C1CCCC1. The number of hydrogen-bond donors (Lipinski definition) is 2. The molecule has 1 saturated carbocycles. The van der Waals surface area contributed by atoms with Crippen LogP contribution in [0.4, 0.5) is 10.5 Å². The van der Waals surface area contributed by atoms with E-state index in [2.05, 4.69) is 44.5 Å². The van der Waals surface area contributed by atoms with Gasteiger partial charge in [-0.05, 0) is 48.6 Å². The van der Waals surface area contributed by atoms with Crippen LogP contribution in [-0.4, -0.2) is 17.1 Å². The summed E-state index contributed by atoms with van der Waals surface area (Å²) in [5.74, 6) is 0.886. The summed E-state index contributed by atoms with van der Waals surface area (Å²) in [6.45, 7) is 2.45. The maximum atomic E-state index is 12.5. The van der Waals surface area contributed by atoms with Gasteiger partial charge in [0.2, 0.25) is 0 Å². The predicted molar refractivity (Wildman–Crippen MR) is 113 cm³/mol. The van der Waals surface area contributed by atoms with Gasteiger partial charge in [0, 0.05) is 22.6 Å². The number of nitrogens with zero attached hydrogens (tertiary/aromatic N) is 1. The fourth-order valence-corrected chi connectivity index (χ4v) is 4.78. The molecule has 0 radical (unpaired) electrons. The molecule has 1 fully saturated rings. The minimum absolute atomic E-state index is 0.152. The lowest BCUT2D eigenvalue weighted by atomic mass is 9.79. The van der Waals surface area contributed by atoms with Crippen LogP contribution in [0.3, 0.4) is 0 Å². The first kappa shape index (κ1) is 19.2. The Balaban J connectivity index is 1.46. The average Bonchev–Trinajstić information content (AvgIpc) is 3.24. The number of alkyl carbamates (subject to hydrolysis) is 1. The number of nitrogens with one attached hydrogen (secondary N) is 2. The van der Waals surface area contributed by atoms with Gasteiger partial charge in [0.15, 0.2) is 0 Å². The molecule has 28 heavy (non-hydrogen) atoms.